The van der Waals surface area contributed by atoms with Crippen LogP contribution in [0.1, 0.15) is 18.3 Å². The Balaban J connectivity index is 1.51. The minimum absolute atomic E-state index is 0.0925. The maximum absolute atomic E-state index is 14.7. The highest BCUT2D eigenvalue weighted by atomic mass is 19.1. The van der Waals surface area contributed by atoms with Gasteiger partial charge < -0.3 is 19.8 Å². The van der Waals surface area contributed by atoms with Gasteiger partial charge in [0.2, 0.25) is 5.88 Å². The SMILES string of the molecule is CCOCc1cc(Nc2cc(Oc3ccc4[nH]c(C)cc4c3F)ncn2)n[nH]1. The number of ether oxygens (including phenoxy) is 2. The number of hydrogen-bond donors (Lipinski definition) is 3. The molecule has 28 heavy (non-hydrogen) atoms. The topological polar surface area (TPSA) is 101 Å². The van der Waals surface area contributed by atoms with Gasteiger partial charge in [0.1, 0.15) is 12.1 Å². The van der Waals surface area contributed by atoms with Crippen LogP contribution in [0.5, 0.6) is 11.6 Å². The molecular formula is C19H19FN6O2. The van der Waals surface area contributed by atoms with Crippen LogP contribution in [0.25, 0.3) is 10.9 Å². The van der Waals surface area contributed by atoms with Crippen LogP contribution in [0, 0.1) is 12.7 Å². The summed E-state index contributed by atoms with van der Waals surface area (Å²) in [6.07, 6.45) is 1.34. The monoisotopic (exact) mass is 382 g/mol. The molecule has 0 atom stereocenters. The van der Waals surface area contributed by atoms with E-state index in [-0.39, 0.29) is 11.6 Å². The molecule has 0 bridgehead atoms. The number of benzene rings is 1. The van der Waals surface area contributed by atoms with Crippen molar-refractivity contribution in [2.24, 2.45) is 0 Å². The summed E-state index contributed by atoms with van der Waals surface area (Å²) in [5.41, 5.74) is 2.43. The van der Waals surface area contributed by atoms with E-state index in [1.807, 2.05) is 19.9 Å². The van der Waals surface area contributed by atoms with Gasteiger partial charge in [0, 0.05) is 35.3 Å². The summed E-state index contributed by atoms with van der Waals surface area (Å²) in [7, 11) is 0. The predicted octanol–water partition coefficient (Wildman–Crippen LogP) is 4.20. The number of halogens is 1. The standard InChI is InChI=1S/C19H19FN6O2/c1-3-27-9-12-7-17(26-25-12)24-16-8-18(22-10-21-16)28-15-5-4-14-13(19(15)20)6-11(2)23-14/h4-8,10,23H,3,9H2,1-2H3,(H2,21,22,24,25,26). The number of aromatic amines is 2. The third kappa shape index (κ3) is 3.79. The average molecular weight is 382 g/mol. The molecule has 0 saturated carbocycles. The van der Waals surface area contributed by atoms with Crippen LogP contribution in [0.2, 0.25) is 0 Å². The Morgan fingerprint density at radius 1 is 1.14 bits per heavy atom. The second kappa shape index (κ2) is 7.65. The van der Waals surface area contributed by atoms with Crippen molar-refractivity contribution in [2.75, 3.05) is 11.9 Å². The molecular weight excluding hydrogens is 363 g/mol. The molecule has 0 aliphatic carbocycles. The Morgan fingerprint density at radius 2 is 2.04 bits per heavy atom. The maximum atomic E-state index is 14.7. The highest BCUT2D eigenvalue weighted by molar-refractivity contribution is 5.82. The van der Waals surface area contributed by atoms with Crippen molar-refractivity contribution in [3.05, 3.63) is 53.9 Å². The number of anilines is 2. The normalized spacial score (nSPS) is 11.1. The summed E-state index contributed by atoms with van der Waals surface area (Å²) in [6, 6.07) is 8.46. The fourth-order valence-electron chi connectivity index (χ4n) is 2.79. The summed E-state index contributed by atoms with van der Waals surface area (Å²) in [5, 5.41) is 10.5. The van der Waals surface area contributed by atoms with Crippen molar-refractivity contribution >= 4 is 22.5 Å². The molecule has 0 aliphatic rings. The Hall–Kier alpha value is -3.46. The van der Waals surface area contributed by atoms with Crippen LogP contribution >= 0.6 is 0 Å². The van der Waals surface area contributed by atoms with Gasteiger partial charge in [-0.05, 0) is 32.0 Å². The van der Waals surface area contributed by atoms with Gasteiger partial charge in [-0.1, -0.05) is 0 Å². The Bertz CT molecular complexity index is 1110. The lowest BCUT2D eigenvalue weighted by atomic mass is 10.2. The van der Waals surface area contributed by atoms with Gasteiger partial charge in [0.25, 0.3) is 0 Å². The lowest BCUT2D eigenvalue weighted by Gasteiger charge is -2.08. The van der Waals surface area contributed by atoms with Crippen molar-refractivity contribution in [3.63, 3.8) is 0 Å². The van der Waals surface area contributed by atoms with Crippen LogP contribution in [-0.2, 0) is 11.3 Å². The molecule has 0 fully saturated rings. The first-order valence-electron chi connectivity index (χ1n) is 8.79. The maximum Gasteiger partial charge on any atom is 0.224 e. The fourth-order valence-corrected chi connectivity index (χ4v) is 2.79. The molecule has 1 aromatic carbocycles. The molecule has 9 heteroatoms. The van der Waals surface area contributed by atoms with Crippen molar-refractivity contribution < 1.29 is 13.9 Å². The largest absolute Gasteiger partial charge is 0.436 e. The van der Waals surface area contributed by atoms with Crippen molar-refractivity contribution in [3.8, 4) is 11.6 Å². The number of hydrogen-bond acceptors (Lipinski definition) is 6. The molecule has 3 heterocycles. The number of aryl methyl sites for hydroxylation is 1. The van der Waals surface area contributed by atoms with E-state index >= 15 is 0 Å². The summed E-state index contributed by atoms with van der Waals surface area (Å²) < 4.78 is 25.7. The lowest BCUT2D eigenvalue weighted by Crippen LogP contribution is -1.97. The van der Waals surface area contributed by atoms with Gasteiger partial charge >= 0.3 is 0 Å². The first kappa shape index (κ1) is 17.9. The summed E-state index contributed by atoms with van der Waals surface area (Å²) in [5.74, 6) is 0.916. The van der Waals surface area contributed by atoms with Gasteiger partial charge in [-0.25, -0.2) is 14.4 Å². The summed E-state index contributed by atoms with van der Waals surface area (Å²) in [6.45, 7) is 4.87. The van der Waals surface area contributed by atoms with Crippen molar-refractivity contribution in [2.45, 2.75) is 20.5 Å². The molecule has 144 valence electrons. The van der Waals surface area contributed by atoms with E-state index in [1.54, 1.807) is 24.3 Å². The van der Waals surface area contributed by atoms with Crippen molar-refractivity contribution in [1.29, 1.82) is 0 Å². The Morgan fingerprint density at radius 3 is 2.89 bits per heavy atom. The van der Waals surface area contributed by atoms with E-state index in [9.17, 15) is 4.39 Å². The Kier molecular flexibility index (Phi) is 4.90. The average Bonchev–Trinajstić information content (AvgIpc) is 3.29. The molecule has 0 unspecified atom stereocenters. The first-order valence-corrected chi connectivity index (χ1v) is 8.79. The molecule has 0 spiro atoms. The van der Waals surface area contributed by atoms with E-state index < -0.39 is 5.82 Å². The third-order valence-electron chi connectivity index (χ3n) is 4.04. The van der Waals surface area contributed by atoms with E-state index in [2.05, 4.69) is 30.5 Å². The second-order valence-corrected chi connectivity index (χ2v) is 6.18. The van der Waals surface area contributed by atoms with E-state index in [1.165, 1.54) is 6.33 Å². The zero-order valence-electron chi connectivity index (χ0n) is 15.4. The number of fused-ring (bicyclic) bond motifs is 1. The molecule has 3 N–H and O–H groups in total. The van der Waals surface area contributed by atoms with Crippen molar-refractivity contribution in [1.82, 2.24) is 25.1 Å². The van der Waals surface area contributed by atoms with Crippen LogP contribution in [0.3, 0.4) is 0 Å². The number of aromatic nitrogens is 5. The molecule has 0 saturated heterocycles. The van der Waals surface area contributed by atoms with Crippen LogP contribution in [0.15, 0.2) is 36.7 Å². The second-order valence-electron chi connectivity index (χ2n) is 6.18. The summed E-state index contributed by atoms with van der Waals surface area (Å²) >= 11 is 0. The van der Waals surface area contributed by atoms with Crippen LogP contribution in [0.4, 0.5) is 16.0 Å². The number of nitrogens with one attached hydrogen (secondary N) is 3. The molecule has 0 aliphatic heterocycles. The quantitative estimate of drug-likeness (QED) is 0.443. The lowest BCUT2D eigenvalue weighted by molar-refractivity contribution is 0.131. The smallest absolute Gasteiger partial charge is 0.224 e. The predicted molar refractivity (Wildman–Crippen MR) is 102 cm³/mol. The van der Waals surface area contributed by atoms with Gasteiger partial charge in [-0.15, -0.1) is 0 Å². The molecule has 0 radical (unpaired) electrons. The minimum atomic E-state index is -0.442. The number of nitrogens with zero attached hydrogens (tertiary/aromatic N) is 3. The third-order valence-corrected chi connectivity index (χ3v) is 4.04. The van der Waals surface area contributed by atoms with E-state index in [0.717, 1.165) is 11.4 Å². The summed E-state index contributed by atoms with van der Waals surface area (Å²) in [4.78, 5) is 11.3. The van der Waals surface area contributed by atoms with E-state index in [4.69, 9.17) is 9.47 Å². The zero-order valence-corrected chi connectivity index (χ0v) is 15.4. The van der Waals surface area contributed by atoms with Crippen LogP contribution < -0.4 is 10.1 Å². The van der Waals surface area contributed by atoms with Gasteiger partial charge in [-0.2, -0.15) is 5.10 Å². The fraction of sp³-hybridized carbons (Fsp3) is 0.211. The minimum Gasteiger partial charge on any atom is -0.436 e. The number of rotatable bonds is 7. The first-order chi connectivity index (χ1) is 13.6. The van der Waals surface area contributed by atoms with Crippen LogP contribution in [-0.4, -0.2) is 31.8 Å². The van der Waals surface area contributed by atoms with E-state index in [0.29, 0.717) is 35.8 Å². The Labute approximate surface area is 160 Å². The van der Waals surface area contributed by atoms with Gasteiger partial charge in [-0.3, -0.25) is 5.10 Å². The molecule has 3 aromatic heterocycles. The number of H-pyrrole nitrogens is 2. The zero-order chi connectivity index (χ0) is 19.5. The molecule has 4 rings (SSSR count). The molecule has 0 amide bonds. The van der Waals surface area contributed by atoms with Gasteiger partial charge in [0.15, 0.2) is 17.4 Å². The highest BCUT2D eigenvalue weighted by Gasteiger charge is 2.12. The molecule has 4 aromatic rings. The molecule has 8 nitrogen and oxygen atoms in total. The highest BCUT2D eigenvalue weighted by Crippen LogP contribution is 2.30. The van der Waals surface area contributed by atoms with Gasteiger partial charge in [0.05, 0.1) is 12.3 Å².